The standard InChI is InChI=1S/C14H9ClF3NO2/c1-21-11-5-2-7(15)6-8(11)14(20)19-10-4-3-9(16)12(17)13(10)18/h2-6H,1H3,(H,19,20). The number of amides is 1. The van der Waals surface area contributed by atoms with Gasteiger partial charge >= 0.3 is 0 Å². The number of benzene rings is 2. The first kappa shape index (κ1) is 15.2. The molecule has 110 valence electrons. The van der Waals surface area contributed by atoms with Crippen molar-refractivity contribution >= 4 is 23.2 Å². The molecule has 2 rings (SSSR count). The third-order valence-corrected chi connectivity index (χ3v) is 2.92. The van der Waals surface area contributed by atoms with Crippen LogP contribution in [0.2, 0.25) is 5.02 Å². The van der Waals surface area contributed by atoms with E-state index in [1.807, 2.05) is 0 Å². The van der Waals surface area contributed by atoms with Gasteiger partial charge in [-0.1, -0.05) is 11.6 Å². The van der Waals surface area contributed by atoms with Crippen LogP contribution in [0.1, 0.15) is 10.4 Å². The molecule has 0 saturated carbocycles. The van der Waals surface area contributed by atoms with Gasteiger partial charge in [0.15, 0.2) is 17.5 Å². The molecule has 1 amide bonds. The van der Waals surface area contributed by atoms with Gasteiger partial charge in [0.25, 0.3) is 5.91 Å². The number of halogens is 4. The van der Waals surface area contributed by atoms with Crippen molar-refractivity contribution in [3.05, 3.63) is 58.4 Å². The number of carbonyl (C=O) groups is 1. The zero-order valence-corrected chi connectivity index (χ0v) is 11.5. The van der Waals surface area contributed by atoms with Crippen molar-refractivity contribution in [2.75, 3.05) is 12.4 Å². The third-order valence-electron chi connectivity index (χ3n) is 2.69. The Labute approximate surface area is 123 Å². The van der Waals surface area contributed by atoms with Crippen LogP contribution in [0.15, 0.2) is 30.3 Å². The number of rotatable bonds is 3. The molecule has 21 heavy (non-hydrogen) atoms. The highest BCUT2D eigenvalue weighted by Crippen LogP contribution is 2.25. The Morgan fingerprint density at radius 1 is 1.14 bits per heavy atom. The zero-order chi connectivity index (χ0) is 15.6. The molecule has 0 bridgehead atoms. The van der Waals surface area contributed by atoms with Gasteiger partial charge < -0.3 is 10.1 Å². The van der Waals surface area contributed by atoms with Gasteiger partial charge in [-0.15, -0.1) is 0 Å². The first-order chi connectivity index (χ1) is 9.93. The number of hydrogen-bond acceptors (Lipinski definition) is 2. The molecule has 0 aliphatic carbocycles. The number of anilines is 1. The lowest BCUT2D eigenvalue weighted by molar-refractivity contribution is 0.102. The first-order valence-corrected chi connectivity index (χ1v) is 6.10. The Hall–Kier alpha value is -2.21. The van der Waals surface area contributed by atoms with E-state index in [1.54, 1.807) is 0 Å². The summed E-state index contributed by atoms with van der Waals surface area (Å²) in [7, 11) is 1.35. The monoisotopic (exact) mass is 315 g/mol. The first-order valence-electron chi connectivity index (χ1n) is 5.72. The molecule has 0 spiro atoms. The van der Waals surface area contributed by atoms with E-state index >= 15 is 0 Å². The van der Waals surface area contributed by atoms with E-state index in [4.69, 9.17) is 16.3 Å². The average molecular weight is 316 g/mol. The summed E-state index contributed by atoms with van der Waals surface area (Å²) in [6.45, 7) is 0. The van der Waals surface area contributed by atoms with Crippen molar-refractivity contribution in [3.63, 3.8) is 0 Å². The van der Waals surface area contributed by atoms with Crippen molar-refractivity contribution in [2.24, 2.45) is 0 Å². The molecular weight excluding hydrogens is 307 g/mol. The minimum absolute atomic E-state index is 0.0362. The lowest BCUT2D eigenvalue weighted by Crippen LogP contribution is -2.15. The maximum Gasteiger partial charge on any atom is 0.259 e. The fourth-order valence-electron chi connectivity index (χ4n) is 1.67. The Kier molecular flexibility index (Phi) is 4.37. The van der Waals surface area contributed by atoms with E-state index in [0.29, 0.717) is 6.07 Å². The molecule has 0 aliphatic heterocycles. The smallest absolute Gasteiger partial charge is 0.259 e. The van der Waals surface area contributed by atoms with Crippen molar-refractivity contribution in [1.82, 2.24) is 0 Å². The van der Waals surface area contributed by atoms with E-state index in [1.165, 1.54) is 25.3 Å². The highest BCUT2D eigenvalue weighted by Gasteiger charge is 2.18. The molecule has 7 heteroatoms. The van der Waals surface area contributed by atoms with Gasteiger partial charge in [-0.05, 0) is 30.3 Å². The number of hydrogen-bond donors (Lipinski definition) is 1. The number of ether oxygens (including phenoxy) is 1. The molecule has 0 atom stereocenters. The van der Waals surface area contributed by atoms with E-state index < -0.39 is 29.0 Å². The predicted molar refractivity (Wildman–Crippen MR) is 72.3 cm³/mol. The second-order valence-electron chi connectivity index (χ2n) is 4.02. The van der Waals surface area contributed by atoms with Crippen LogP contribution in [0.4, 0.5) is 18.9 Å². The van der Waals surface area contributed by atoms with Gasteiger partial charge in [0, 0.05) is 5.02 Å². The SMILES string of the molecule is COc1ccc(Cl)cc1C(=O)Nc1ccc(F)c(F)c1F. The summed E-state index contributed by atoms with van der Waals surface area (Å²) in [5, 5.41) is 2.41. The Morgan fingerprint density at radius 3 is 2.52 bits per heavy atom. The molecule has 0 aromatic heterocycles. The van der Waals surface area contributed by atoms with Crippen molar-refractivity contribution in [1.29, 1.82) is 0 Å². The van der Waals surface area contributed by atoms with Crippen LogP contribution >= 0.6 is 11.6 Å². The summed E-state index contributed by atoms with van der Waals surface area (Å²) < 4.78 is 44.4. The Balaban J connectivity index is 2.35. The van der Waals surface area contributed by atoms with Crippen LogP contribution in [0.5, 0.6) is 5.75 Å². The molecule has 3 nitrogen and oxygen atoms in total. The molecule has 0 fully saturated rings. The van der Waals surface area contributed by atoms with Crippen molar-refractivity contribution < 1.29 is 22.7 Å². The number of carbonyl (C=O) groups excluding carboxylic acids is 1. The van der Waals surface area contributed by atoms with Gasteiger partial charge in [-0.2, -0.15) is 0 Å². The van der Waals surface area contributed by atoms with Crippen LogP contribution < -0.4 is 10.1 Å². The van der Waals surface area contributed by atoms with Crippen LogP contribution in [0.25, 0.3) is 0 Å². The lowest BCUT2D eigenvalue weighted by Gasteiger charge is -2.10. The Bertz CT molecular complexity index is 707. The topological polar surface area (TPSA) is 38.3 Å². The molecule has 0 aliphatic rings. The second-order valence-corrected chi connectivity index (χ2v) is 4.46. The minimum atomic E-state index is -1.66. The maximum atomic E-state index is 13.5. The van der Waals surface area contributed by atoms with Crippen LogP contribution in [-0.2, 0) is 0 Å². The fraction of sp³-hybridized carbons (Fsp3) is 0.0714. The molecule has 0 saturated heterocycles. The number of nitrogens with one attached hydrogen (secondary N) is 1. The summed E-state index contributed by atoms with van der Waals surface area (Å²) in [6.07, 6.45) is 0. The van der Waals surface area contributed by atoms with E-state index in [9.17, 15) is 18.0 Å². The van der Waals surface area contributed by atoms with Gasteiger partial charge in [0.1, 0.15) is 5.75 Å². The summed E-state index contributed by atoms with van der Waals surface area (Å²) in [5.74, 6) is -5.04. The predicted octanol–water partition coefficient (Wildman–Crippen LogP) is 4.02. The quantitative estimate of drug-likeness (QED) is 0.869. The lowest BCUT2D eigenvalue weighted by atomic mass is 10.1. The van der Waals surface area contributed by atoms with Gasteiger partial charge in [-0.25, -0.2) is 13.2 Å². The fourth-order valence-corrected chi connectivity index (χ4v) is 1.84. The zero-order valence-electron chi connectivity index (χ0n) is 10.7. The summed E-state index contributed by atoms with van der Waals surface area (Å²) >= 11 is 5.78. The van der Waals surface area contributed by atoms with E-state index in [0.717, 1.165) is 6.07 Å². The Morgan fingerprint density at radius 2 is 1.86 bits per heavy atom. The van der Waals surface area contributed by atoms with Crippen LogP contribution in [0, 0.1) is 17.5 Å². The molecule has 0 heterocycles. The van der Waals surface area contributed by atoms with Gasteiger partial charge in [0.2, 0.25) is 0 Å². The summed E-state index contributed by atoms with van der Waals surface area (Å²) in [5.41, 5.74) is -0.449. The van der Waals surface area contributed by atoms with Crippen LogP contribution in [-0.4, -0.2) is 13.0 Å². The van der Waals surface area contributed by atoms with Crippen LogP contribution in [0.3, 0.4) is 0 Å². The second kappa shape index (κ2) is 6.05. The van der Waals surface area contributed by atoms with E-state index in [2.05, 4.69) is 5.32 Å². The molecule has 0 radical (unpaired) electrons. The normalized spacial score (nSPS) is 10.3. The number of methoxy groups -OCH3 is 1. The van der Waals surface area contributed by atoms with Gasteiger partial charge in [0.05, 0.1) is 18.4 Å². The average Bonchev–Trinajstić information content (AvgIpc) is 2.47. The molecular formula is C14H9ClF3NO2. The maximum absolute atomic E-state index is 13.5. The van der Waals surface area contributed by atoms with Crippen molar-refractivity contribution in [3.8, 4) is 5.75 Å². The highest BCUT2D eigenvalue weighted by molar-refractivity contribution is 6.31. The highest BCUT2D eigenvalue weighted by atomic mass is 35.5. The summed E-state index contributed by atoms with van der Waals surface area (Å²) in [6, 6.07) is 5.91. The van der Waals surface area contributed by atoms with Crippen molar-refractivity contribution in [2.45, 2.75) is 0 Å². The third kappa shape index (κ3) is 3.11. The minimum Gasteiger partial charge on any atom is -0.496 e. The molecule has 0 unspecified atom stereocenters. The van der Waals surface area contributed by atoms with Gasteiger partial charge in [-0.3, -0.25) is 4.79 Å². The van der Waals surface area contributed by atoms with E-state index in [-0.39, 0.29) is 16.3 Å². The molecule has 2 aromatic carbocycles. The largest absolute Gasteiger partial charge is 0.496 e. The summed E-state index contributed by atoms with van der Waals surface area (Å²) in [4.78, 5) is 12.1. The molecule has 1 N–H and O–H groups in total. The molecule has 2 aromatic rings.